The average molecular weight is 941 g/mol. The van der Waals surface area contributed by atoms with Crippen LogP contribution in [-0.4, -0.2) is 171 Å². The fraction of sp³-hybridized carbons (Fsp3) is 0.737. The molecule has 0 N–H and O–H groups in total. The Kier molecular flexibility index (Phi) is 20.1. The highest BCUT2D eigenvalue weighted by molar-refractivity contribution is 7.80. The monoisotopic (exact) mass is 940 g/mol. The molecule has 3 aliphatic rings. The molecule has 3 aliphatic heterocycles. The quantitative estimate of drug-likeness (QED) is 0.105. The molecule has 0 bridgehead atoms. The van der Waals surface area contributed by atoms with E-state index in [0.717, 1.165) is 69.2 Å². The molecule has 0 saturated carbocycles. The molecule has 64 heavy (non-hydrogen) atoms. The van der Waals surface area contributed by atoms with E-state index >= 15 is 0 Å². The third-order valence-corrected chi connectivity index (χ3v) is 9.26. The number of carbonyl (C=O) groups excluding carboxylic acids is 10. The van der Waals surface area contributed by atoms with Gasteiger partial charge in [0.1, 0.15) is 55.8 Å². The molecule has 0 radical (unpaired) electrons. The van der Waals surface area contributed by atoms with Gasteiger partial charge in [0.15, 0.2) is 55.3 Å². The van der Waals surface area contributed by atoms with Crippen molar-refractivity contribution in [3.63, 3.8) is 0 Å². The van der Waals surface area contributed by atoms with Crippen molar-refractivity contribution in [2.45, 2.75) is 161 Å². The van der Waals surface area contributed by atoms with Crippen LogP contribution in [0.2, 0.25) is 0 Å². The van der Waals surface area contributed by atoms with Crippen molar-refractivity contribution in [3.05, 3.63) is 0 Å². The van der Waals surface area contributed by atoms with Crippen molar-refractivity contribution in [1.29, 1.82) is 0 Å². The second-order valence-electron chi connectivity index (χ2n) is 14.3. The summed E-state index contributed by atoms with van der Waals surface area (Å²) in [6.07, 6.45) is -24.2. The summed E-state index contributed by atoms with van der Waals surface area (Å²) in [5.41, 5.74) is -1.32. The molecule has 0 aromatic rings. The van der Waals surface area contributed by atoms with E-state index in [1.165, 1.54) is 0 Å². The van der Waals surface area contributed by atoms with Gasteiger partial charge in [0, 0.05) is 69.2 Å². The first-order valence-corrected chi connectivity index (χ1v) is 20.0. The number of hydrogen-bond acceptors (Lipinski definition) is 26. The molecule has 15 unspecified atom stereocenters. The van der Waals surface area contributed by atoms with E-state index in [2.05, 4.69) is 12.6 Å². The number of thiol groups is 1. The van der Waals surface area contributed by atoms with Crippen molar-refractivity contribution in [2.24, 2.45) is 0 Å². The van der Waals surface area contributed by atoms with Gasteiger partial charge in [-0.05, 0) is 0 Å². The van der Waals surface area contributed by atoms with Gasteiger partial charge >= 0.3 is 59.7 Å². The molecular weight excluding hydrogens is 888 g/mol. The van der Waals surface area contributed by atoms with Crippen LogP contribution in [0.1, 0.15) is 69.2 Å². The molecule has 3 heterocycles. The molecule has 26 heteroatoms. The largest absolute Gasteiger partial charge is 0.463 e. The third-order valence-electron chi connectivity index (χ3n) is 8.84. The zero-order valence-electron chi connectivity index (χ0n) is 36.4. The predicted molar refractivity (Wildman–Crippen MR) is 203 cm³/mol. The Morgan fingerprint density at radius 1 is 0.328 bits per heavy atom. The maximum Gasteiger partial charge on any atom is 0.303 e. The highest BCUT2D eigenvalue weighted by atomic mass is 32.1. The lowest BCUT2D eigenvalue weighted by Gasteiger charge is -2.50. The van der Waals surface area contributed by atoms with Crippen molar-refractivity contribution in [3.8, 4) is 0 Å². The lowest BCUT2D eigenvalue weighted by atomic mass is 9.95. The third kappa shape index (κ3) is 15.8. The minimum Gasteiger partial charge on any atom is -0.463 e. The molecule has 0 aliphatic carbocycles. The first-order chi connectivity index (χ1) is 29.9. The molecule has 25 nitrogen and oxygen atoms in total. The van der Waals surface area contributed by atoms with E-state index in [1.807, 2.05) is 0 Å². The first kappa shape index (κ1) is 53.2. The standard InChI is InChI=1S/C38H52O25S/c1-14(39)49-11-24-27(52-17(4)42)30(53-18(5)43)33(56-21(8)46)36(59-24)62-28-25(12-50-15(2)40)60-37(34(57-22(9)47)31(28)54-19(6)44)63-29-26(13-51-16(3)41)61-38(64)35(58-23(10)48)32(29)55-20(7)45/h24-38,64H,11-13H2,1-10H3. The Balaban J connectivity index is 2.28. The number of rotatable bonds is 17. The normalized spacial score (nSPS) is 32.3. The van der Waals surface area contributed by atoms with Crippen molar-refractivity contribution in [1.82, 2.24) is 0 Å². The number of hydrogen-bond donors (Lipinski definition) is 1. The molecular formula is C38H52O25S. The maximum atomic E-state index is 12.9. The average Bonchev–Trinajstić information content (AvgIpc) is 3.15. The summed E-state index contributed by atoms with van der Waals surface area (Å²) in [6.45, 7) is 8.08. The topological polar surface area (TPSA) is 309 Å². The van der Waals surface area contributed by atoms with E-state index in [0.29, 0.717) is 0 Å². The molecule has 0 amide bonds. The number of carbonyl (C=O) groups is 10. The van der Waals surface area contributed by atoms with E-state index < -0.39 is 171 Å². The van der Waals surface area contributed by atoms with Crippen molar-refractivity contribution in [2.75, 3.05) is 19.8 Å². The van der Waals surface area contributed by atoms with Crippen LogP contribution in [0.4, 0.5) is 0 Å². The van der Waals surface area contributed by atoms with Crippen LogP contribution in [0.25, 0.3) is 0 Å². The number of esters is 10. The maximum absolute atomic E-state index is 12.9. The van der Waals surface area contributed by atoms with Crippen LogP contribution in [0.3, 0.4) is 0 Å². The van der Waals surface area contributed by atoms with Gasteiger partial charge in [-0.25, -0.2) is 0 Å². The van der Waals surface area contributed by atoms with E-state index in [4.69, 9.17) is 71.1 Å². The van der Waals surface area contributed by atoms with E-state index in [1.54, 1.807) is 0 Å². The summed E-state index contributed by atoms with van der Waals surface area (Å²) >= 11 is 4.35. The fourth-order valence-electron chi connectivity index (χ4n) is 6.77. The van der Waals surface area contributed by atoms with E-state index in [9.17, 15) is 47.9 Å². The zero-order chi connectivity index (χ0) is 48.2. The van der Waals surface area contributed by atoms with Gasteiger partial charge in [-0.2, -0.15) is 0 Å². The van der Waals surface area contributed by atoms with Crippen molar-refractivity contribution >= 4 is 72.3 Å². The van der Waals surface area contributed by atoms with Gasteiger partial charge in [0.25, 0.3) is 0 Å². The van der Waals surface area contributed by atoms with Gasteiger partial charge in [-0.3, -0.25) is 47.9 Å². The van der Waals surface area contributed by atoms with Gasteiger partial charge in [-0.1, -0.05) is 0 Å². The molecule has 0 aromatic carbocycles. The van der Waals surface area contributed by atoms with Crippen LogP contribution in [0, 0.1) is 0 Å². The molecule has 3 rings (SSSR count). The summed E-state index contributed by atoms with van der Waals surface area (Å²) in [5, 5.41) is 0. The minimum atomic E-state index is -1.97. The van der Waals surface area contributed by atoms with Gasteiger partial charge in [0.05, 0.1) is 0 Å². The van der Waals surface area contributed by atoms with Gasteiger partial charge in [0.2, 0.25) is 0 Å². The Hall–Kier alpha value is -5.15. The Morgan fingerprint density at radius 3 is 0.906 bits per heavy atom. The highest BCUT2D eigenvalue weighted by Crippen LogP contribution is 2.38. The zero-order valence-corrected chi connectivity index (χ0v) is 37.3. The summed E-state index contributed by atoms with van der Waals surface area (Å²) in [7, 11) is 0. The molecule has 0 spiro atoms. The predicted octanol–water partition coefficient (Wildman–Crippen LogP) is -0.927. The lowest BCUT2D eigenvalue weighted by Crippen LogP contribution is -2.68. The summed E-state index contributed by atoms with van der Waals surface area (Å²) in [4.78, 5) is 124. The highest BCUT2D eigenvalue weighted by Gasteiger charge is 2.59. The fourth-order valence-corrected chi connectivity index (χ4v) is 7.16. The summed E-state index contributed by atoms with van der Waals surface area (Å²) < 4.78 is 85.2. The lowest BCUT2D eigenvalue weighted by molar-refractivity contribution is -0.372. The SMILES string of the molecule is CC(=O)OCC1OC(S)C(OC(C)=O)C(OC(C)=O)C1OC1OC(COC(C)=O)C(OC2OC(COC(C)=O)C(OC(C)=O)C(OC(C)=O)C2OC(C)=O)C(OC(C)=O)C1OC(C)=O. The smallest absolute Gasteiger partial charge is 0.303 e. The minimum absolute atomic E-state index is 0.592. The molecule has 360 valence electrons. The van der Waals surface area contributed by atoms with E-state index in [-0.39, 0.29) is 0 Å². The Morgan fingerprint density at radius 2 is 0.578 bits per heavy atom. The van der Waals surface area contributed by atoms with Crippen LogP contribution in [0.15, 0.2) is 0 Å². The first-order valence-electron chi connectivity index (χ1n) is 19.4. The van der Waals surface area contributed by atoms with Gasteiger partial charge < -0.3 is 71.1 Å². The van der Waals surface area contributed by atoms with Crippen LogP contribution >= 0.6 is 12.6 Å². The molecule has 0 aromatic heterocycles. The van der Waals surface area contributed by atoms with Crippen molar-refractivity contribution < 1.29 is 119 Å². The molecule has 3 fully saturated rings. The Bertz CT molecular complexity index is 1740. The summed E-state index contributed by atoms with van der Waals surface area (Å²) in [5.74, 6) is -9.25. The second-order valence-corrected chi connectivity index (χ2v) is 14.8. The molecule has 3 saturated heterocycles. The van der Waals surface area contributed by atoms with Crippen LogP contribution in [0.5, 0.6) is 0 Å². The van der Waals surface area contributed by atoms with Gasteiger partial charge in [-0.15, -0.1) is 12.6 Å². The summed E-state index contributed by atoms with van der Waals surface area (Å²) in [6, 6.07) is 0. The van der Waals surface area contributed by atoms with Crippen LogP contribution < -0.4 is 0 Å². The number of ether oxygens (including phenoxy) is 15. The Labute approximate surface area is 371 Å². The second kappa shape index (κ2) is 24.2. The van der Waals surface area contributed by atoms with Crippen LogP contribution in [-0.2, 0) is 119 Å². The molecule has 15 atom stereocenters.